The summed E-state index contributed by atoms with van der Waals surface area (Å²) in [6, 6.07) is 11.0. The molecule has 2 aromatic carbocycles. The van der Waals surface area contributed by atoms with Gasteiger partial charge in [-0.1, -0.05) is 12.1 Å². The lowest BCUT2D eigenvalue weighted by molar-refractivity contribution is 0.104. The van der Waals surface area contributed by atoms with Gasteiger partial charge in [0.05, 0.1) is 5.69 Å². The highest BCUT2D eigenvalue weighted by Crippen LogP contribution is 2.24. The Morgan fingerprint density at radius 1 is 1.13 bits per heavy atom. The molecule has 8 heteroatoms. The topological polar surface area (TPSA) is 82.2 Å². The Balaban J connectivity index is 1.84. The number of aromatic nitrogens is 4. The maximum Gasteiger partial charge on any atom is 0.368 e. The second kappa shape index (κ2) is 8.77. The van der Waals surface area contributed by atoms with Gasteiger partial charge in [-0.2, -0.15) is 9.36 Å². The molecule has 0 spiro atoms. The maximum atomic E-state index is 12.3. The number of hydrogen-bond acceptors (Lipinski definition) is 6. The molecule has 156 valence electrons. The van der Waals surface area contributed by atoms with Crippen molar-refractivity contribution >= 4 is 5.78 Å². The van der Waals surface area contributed by atoms with E-state index in [2.05, 4.69) is 10.4 Å². The lowest BCUT2D eigenvalue weighted by Gasteiger charge is -2.14. The summed E-state index contributed by atoms with van der Waals surface area (Å²) in [5, 5.41) is 7.72. The van der Waals surface area contributed by atoms with Gasteiger partial charge in [0, 0.05) is 44.5 Å². The molecule has 0 unspecified atom stereocenters. The van der Waals surface area contributed by atoms with Crippen molar-refractivity contribution < 1.29 is 9.53 Å². The van der Waals surface area contributed by atoms with Crippen LogP contribution >= 0.6 is 0 Å². The van der Waals surface area contributed by atoms with Crippen LogP contribution in [-0.2, 0) is 13.7 Å². The van der Waals surface area contributed by atoms with Crippen molar-refractivity contribution in [2.75, 3.05) is 14.1 Å². The average Bonchev–Trinajstić information content (AvgIpc) is 3.04. The Kier molecular flexibility index (Phi) is 6.15. The van der Waals surface area contributed by atoms with E-state index in [9.17, 15) is 9.59 Å². The van der Waals surface area contributed by atoms with Crippen molar-refractivity contribution in [1.82, 2.24) is 24.7 Å². The number of carbonyl (C=O) groups excluding carboxylic acids is 1. The van der Waals surface area contributed by atoms with Gasteiger partial charge in [-0.05, 0) is 59.7 Å². The molecule has 0 atom stereocenters. The van der Waals surface area contributed by atoms with E-state index in [1.165, 1.54) is 15.4 Å². The second-order valence-electron chi connectivity index (χ2n) is 7.28. The third-order valence-electron chi connectivity index (χ3n) is 4.69. The molecule has 30 heavy (non-hydrogen) atoms. The fraction of sp³-hybridized carbons (Fsp3) is 0.273. The van der Waals surface area contributed by atoms with E-state index in [0.717, 1.165) is 16.7 Å². The number of tetrazole rings is 1. The lowest BCUT2D eigenvalue weighted by atomic mass is 10.1. The van der Waals surface area contributed by atoms with Crippen molar-refractivity contribution in [3.8, 4) is 11.4 Å². The number of aryl methyl sites for hydroxylation is 3. The monoisotopic (exact) mass is 407 g/mol. The number of carbonyl (C=O) groups is 1. The highest BCUT2D eigenvalue weighted by molar-refractivity contribution is 6.04. The summed E-state index contributed by atoms with van der Waals surface area (Å²) in [6.45, 7) is 4.10. The quantitative estimate of drug-likeness (QED) is 0.442. The molecular weight excluding hydrogens is 382 g/mol. The Labute approximate surface area is 175 Å². The predicted octanol–water partition coefficient (Wildman–Crippen LogP) is 2.42. The van der Waals surface area contributed by atoms with Gasteiger partial charge in [0.1, 0.15) is 12.4 Å². The largest absolute Gasteiger partial charge is 0.489 e. The molecule has 0 saturated carbocycles. The van der Waals surface area contributed by atoms with E-state index in [0.29, 0.717) is 17.0 Å². The summed E-state index contributed by atoms with van der Waals surface area (Å²) < 4.78 is 8.48. The zero-order valence-corrected chi connectivity index (χ0v) is 17.8. The first kappa shape index (κ1) is 21.0. The maximum absolute atomic E-state index is 12.3. The summed E-state index contributed by atoms with van der Waals surface area (Å²) in [5.74, 6) is 0.602. The van der Waals surface area contributed by atoms with Crippen LogP contribution in [0.25, 0.3) is 5.69 Å². The number of ether oxygens (including phenoxy) is 1. The molecular formula is C22H25N5O3. The summed E-state index contributed by atoms with van der Waals surface area (Å²) in [4.78, 5) is 26.4. The molecule has 0 aliphatic heterocycles. The molecule has 0 saturated heterocycles. The van der Waals surface area contributed by atoms with Crippen LogP contribution in [0.4, 0.5) is 0 Å². The molecule has 0 aliphatic carbocycles. The van der Waals surface area contributed by atoms with Crippen molar-refractivity contribution in [2.45, 2.75) is 20.5 Å². The Bertz CT molecular complexity index is 1160. The number of rotatable bonds is 7. The molecule has 8 nitrogen and oxygen atoms in total. The minimum atomic E-state index is -0.327. The molecule has 3 aromatic rings. The number of allylic oxidation sites excluding steroid dienone is 1. The highest BCUT2D eigenvalue weighted by atomic mass is 16.5. The lowest BCUT2D eigenvalue weighted by Crippen LogP contribution is -2.23. The van der Waals surface area contributed by atoms with Crippen LogP contribution in [0.15, 0.2) is 53.5 Å². The van der Waals surface area contributed by atoms with Crippen molar-refractivity contribution in [1.29, 1.82) is 0 Å². The van der Waals surface area contributed by atoms with Gasteiger partial charge in [0.25, 0.3) is 0 Å². The third kappa shape index (κ3) is 4.48. The Morgan fingerprint density at radius 3 is 2.53 bits per heavy atom. The van der Waals surface area contributed by atoms with Crippen molar-refractivity contribution in [3.63, 3.8) is 0 Å². The van der Waals surface area contributed by atoms with Gasteiger partial charge < -0.3 is 9.64 Å². The first-order valence-corrected chi connectivity index (χ1v) is 9.48. The minimum absolute atomic E-state index is 0.0680. The summed E-state index contributed by atoms with van der Waals surface area (Å²) in [5.41, 5.74) is 3.57. The average molecular weight is 407 g/mol. The third-order valence-corrected chi connectivity index (χ3v) is 4.69. The van der Waals surface area contributed by atoms with E-state index in [-0.39, 0.29) is 18.1 Å². The van der Waals surface area contributed by atoms with E-state index in [4.69, 9.17) is 4.74 Å². The first-order chi connectivity index (χ1) is 14.3. The van der Waals surface area contributed by atoms with Crippen LogP contribution in [-0.4, -0.2) is 44.6 Å². The van der Waals surface area contributed by atoms with E-state index in [1.54, 1.807) is 25.4 Å². The van der Waals surface area contributed by atoms with Gasteiger partial charge in [-0.3, -0.25) is 4.79 Å². The van der Waals surface area contributed by atoms with Crippen LogP contribution in [0.3, 0.4) is 0 Å². The Hall–Kier alpha value is -3.68. The highest BCUT2D eigenvalue weighted by Gasteiger charge is 2.14. The van der Waals surface area contributed by atoms with Gasteiger partial charge >= 0.3 is 5.69 Å². The van der Waals surface area contributed by atoms with Crippen molar-refractivity contribution in [3.05, 3.63) is 81.4 Å². The predicted molar refractivity (Wildman–Crippen MR) is 114 cm³/mol. The first-order valence-electron chi connectivity index (χ1n) is 9.48. The molecule has 0 fully saturated rings. The molecule has 0 amide bonds. The zero-order chi connectivity index (χ0) is 21.8. The number of benzene rings is 2. The SMILES string of the molecule is Cc1cc(C(=O)/C=C/N(C)C)ccc1OCc1c(C)cccc1-n1nnn(C)c1=O. The standard InChI is InChI=1S/C22H25N5O3/c1-15-7-6-8-19(27-22(29)26(5)23-24-27)18(15)14-30-21-10-9-17(13-16(21)2)20(28)11-12-25(3)4/h6-13H,14H2,1-5H3/b12-11+. The molecule has 1 aromatic heterocycles. The van der Waals surface area contributed by atoms with Crippen LogP contribution in [0.1, 0.15) is 27.0 Å². The molecule has 3 rings (SSSR count). The van der Waals surface area contributed by atoms with Crippen LogP contribution < -0.4 is 10.4 Å². The normalized spacial score (nSPS) is 11.1. The molecule has 0 N–H and O–H groups in total. The second-order valence-corrected chi connectivity index (χ2v) is 7.28. The van der Waals surface area contributed by atoms with E-state index < -0.39 is 0 Å². The number of ketones is 1. The fourth-order valence-corrected chi connectivity index (χ4v) is 2.97. The van der Waals surface area contributed by atoms with Gasteiger partial charge in [-0.25, -0.2) is 4.79 Å². The van der Waals surface area contributed by atoms with Crippen LogP contribution in [0.5, 0.6) is 5.75 Å². The van der Waals surface area contributed by atoms with Crippen LogP contribution in [0, 0.1) is 13.8 Å². The summed E-state index contributed by atoms with van der Waals surface area (Å²) in [6.07, 6.45) is 3.25. The zero-order valence-electron chi connectivity index (χ0n) is 17.8. The smallest absolute Gasteiger partial charge is 0.368 e. The van der Waals surface area contributed by atoms with Gasteiger partial charge in [0.2, 0.25) is 0 Å². The van der Waals surface area contributed by atoms with E-state index >= 15 is 0 Å². The fourth-order valence-electron chi connectivity index (χ4n) is 2.97. The van der Waals surface area contributed by atoms with Gasteiger partial charge in [-0.15, -0.1) is 0 Å². The number of nitrogens with zero attached hydrogens (tertiary/aromatic N) is 5. The van der Waals surface area contributed by atoms with Gasteiger partial charge in [0.15, 0.2) is 5.78 Å². The number of hydrogen-bond donors (Lipinski definition) is 0. The summed E-state index contributed by atoms with van der Waals surface area (Å²) >= 11 is 0. The minimum Gasteiger partial charge on any atom is -0.489 e. The molecule has 1 heterocycles. The molecule has 0 aliphatic rings. The summed E-state index contributed by atoms with van der Waals surface area (Å²) in [7, 11) is 5.28. The van der Waals surface area contributed by atoms with Crippen molar-refractivity contribution in [2.24, 2.45) is 7.05 Å². The van der Waals surface area contributed by atoms with E-state index in [1.807, 2.05) is 57.1 Å². The molecule has 0 radical (unpaired) electrons. The van der Waals surface area contributed by atoms with Crippen LogP contribution in [0.2, 0.25) is 0 Å². The molecule has 0 bridgehead atoms. The Morgan fingerprint density at radius 2 is 1.90 bits per heavy atom.